The van der Waals surface area contributed by atoms with E-state index in [4.69, 9.17) is 9.47 Å². The van der Waals surface area contributed by atoms with Gasteiger partial charge in [0.25, 0.3) is 0 Å². The summed E-state index contributed by atoms with van der Waals surface area (Å²) in [5.41, 5.74) is 1.34. The molecule has 6 nitrogen and oxygen atoms in total. The van der Waals surface area contributed by atoms with Crippen molar-refractivity contribution >= 4 is 45.7 Å². The van der Waals surface area contributed by atoms with E-state index in [9.17, 15) is 19.8 Å². The van der Waals surface area contributed by atoms with E-state index in [1.165, 1.54) is 12.2 Å². The predicted molar refractivity (Wildman–Crippen MR) is 112 cm³/mol. The summed E-state index contributed by atoms with van der Waals surface area (Å²) in [4.78, 5) is 23.1. The zero-order chi connectivity index (χ0) is 20.5. The minimum atomic E-state index is -1.14. The molecule has 8 heteroatoms. The van der Waals surface area contributed by atoms with Gasteiger partial charge in [0.05, 0.1) is 14.2 Å². The Bertz CT molecular complexity index is 810. The van der Waals surface area contributed by atoms with Crippen molar-refractivity contribution in [3.05, 3.63) is 69.5 Å². The van der Waals surface area contributed by atoms with Crippen LogP contribution >= 0.6 is 21.6 Å². The highest BCUT2D eigenvalue weighted by Crippen LogP contribution is 2.38. The molecule has 2 aromatic rings. The van der Waals surface area contributed by atoms with Crippen molar-refractivity contribution in [3.8, 4) is 11.5 Å². The van der Waals surface area contributed by atoms with E-state index in [1.54, 1.807) is 62.8 Å². The third kappa shape index (κ3) is 6.40. The van der Waals surface area contributed by atoms with Crippen LogP contribution in [0.5, 0.6) is 11.5 Å². The number of carboxylic acids is 2. The molecule has 0 aliphatic rings. The van der Waals surface area contributed by atoms with Gasteiger partial charge in [-0.1, -0.05) is 24.3 Å². The molecule has 0 saturated heterocycles. The van der Waals surface area contributed by atoms with Crippen LogP contribution in [0, 0.1) is 0 Å². The maximum Gasteiger partial charge on any atom is 0.343 e. The van der Waals surface area contributed by atoms with E-state index in [-0.39, 0.29) is 9.81 Å². The second-order valence-corrected chi connectivity index (χ2v) is 7.55. The van der Waals surface area contributed by atoms with Gasteiger partial charge in [0.15, 0.2) is 0 Å². The highest BCUT2D eigenvalue weighted by atomic mass is 33.1. The monoisotopic (exact) mass is 418 g/mol. The molecule has 0 fully saturated rings. The molecule has 0 bridgehead atoms. The van der Waals surface area contributed by atoms with E-state index < -0.39 is 11.9 Å². The van der Waals surface area contributed by atoms with Gasteiger partial charge in [-0.05, 0) is 69.1 Å². The number of carbonyl (C=O) groups is 2. The Kier molecular flexibility index (Phi) is 8.03. The maximum absolute atomic E-state index is 11.5. The smallest absolute Gasteiger partial charge is 0.343 e. The van der Waals surface area contributed by atoms with Gasteiger partial charge in [0, 0.05) is 0 Å². The third-order valence-corrected chi connectivity index (χ3v) is 5.82. The molecule has 0 unspecified atom stereocenters. The van der Waals surface area contributed by atoms with Crippen LogP contribution in [0.4, 0.5) is 0 Å². The number of carboxylic acid groups (broad SMARTS) is 2. The Hall–Kier alpha value is -2.84. The molecule has 0 saturated carbocycles. The van der Waals surface area contributed by atoms with Crippen LogP contribution in [-0.2, 0) is 9.59 Å². The Labute approximate surface area is 170 Å². The molecule has 0 amide bonds. The number of rotatable bonds is 9. The van der Waals surface area contributed by atoms with Crippen molar-refractivity contribution in [2.24, 2.45) is 0 Å². The van der Waals surface area contributed by atoms with Crippen molar-refractivity contribution in [1.82, 2.24) is 0 Å². The molecule has 0 heterocycles. The average Bonchev–Trinajstić information content (AvgIpc) is 2.70. The number of ether oxygens (including phenoxy) is 2. The third-order valence-electron chi connectivity index (χ3n) is 3.47. The lowest BCUT2D eigenvalue weighted by molar-refractivity contribution is -0.132. The molecule has 0 spiro atoms. The summed E-state index contributed by atoms with van der Waals surface area (Å²) < 4.78 is 10.1. The molecular weight excluding hydrogens is 400 g/mol. The first kappa shape index (κ1) is 21.5. The SMILES string of the molecule is COc1ccc(/C=C(\SS/C(=C/c2ccc(OC)cc2)C(=O)O)C(=O)O)cc1. The van der Waals surface area contributed by atoms with E-state index in [1.807, 2.05) is 0 Å². The standard InChI is InChI=1S/C20H18O6S2/c1-25-15-7-3-13(4-8-15)11-17(19(21)22)27-28-18(20(23)24)12-14-5-9-16(26-2)10-6-14/h3-12H,1-2H3,(H,21,22)(H,23,24)/b17-11-,18-12+. The normalized spacial score (nSPS) is 11.8. The summed E-state index contributed by atoms with van der Waals surface area (Å²) in [6.45, 7) is 0. The number of methoxy groups -OCH3 is 2. The Morgan fingerprint density at radius 3 is 1.29 bits per heavy atom. The number of benzene rings is 2. The second-order valence-electron chi connectivity index (χ2n) is 5.34. The van der Waals surface area contributed by atoms with Gasteiger partial charge in [0.2, 0.25) is 0 Å². The largest absolute Gasteiger partial charge is 0.497 e. The van der Waals surface area contributed by atoms with Crippen LogP contribution in [0.15, 0.2) is 58.3 Å². The Balaban J connectivity index is 2.18. The lowest BCUT2D eigenvalue weighted by Gasteiger charge is -2.05. The molecule has 2 N–H and O–H groups in total. The van der Waals surface area contributed by atoms with Crippen LogP contribution in [0.2, 0.25) is 0 Å². The first-order chi connectivity index (χ1) is 13.4. The van der Waals surface area contributed by atoms with Crippen LogP contribution < -0.4 is 9.47 Å². The van der Waals surface area contributed by atoms with Crippen molar-refractivity contribution in [1.29, 1.82) is 0 Å². The van der Waals surface area contributed by atoms with E-state index in [2.05, 4.69) is 0 Å². The van der Waals surface area contributed by atoms with Gasteiger partial charge in [0.1, 0.15) is 21.3 Å². The van der Waals surface area contributed by atoms with Crippen LogP contribution in [0.3, 0.4) is 0 Å². The fourth-order valence-corrected chi connectivity index (χ4v) is 3.98. The van der Waals surface area contributed by atoms with Gasteiger partial charge in [-0.2, -0.15) is 0 Å². The summed E-state index contributed by atoms with van der Waals surface area (Å²) in [5, 5.41) is 18.9. The molecule has 2 rings (SSSR count). The van der Waals surface area contributed by atoms with Gasteiger partial charge >= 0.3 is 11.9 Å². The van der Waals surface area contributed by atoms with Crippen LogP contribution in [0.25, 0.3) is 12.2 Å². The lowest BCUT2D eigenvalue weighted by Crippen LogP contribution is -1.98. The van der Waals surface area contributed by atoms with Crippen molar-refractivity contribution < 1.29 is 29.3 Å². The summed E-state index contributed by atoms with van der Waals surface area (Å²) in [6, 6.07) is 13.8. The number of hydrogen-bond acceptors (Lipinski definition) is 6. The first-order valence-electron chi connectivity index (χ1n) is 7.95. The molecule has 2 aromatic carbocycles. The summed E-state index contributed by atoms with van der Waals surface area (Å²) in [7, 11) is 4.83. The number of aliphatic carboxylic acids is 2. The lowest BCUT2D eigenvalue weighted by atomic mass is 10.2. The predicted octanol–water partition coefficient (Wildman–Crippen LogP) is 4.64. The van der Waals surface area contributed by atoms with E-state index in [0.29, 0.717) is 22.6 Å². The summed E-state index contributed by atoms with van der Waals surface area (Å²) in [6.07, 6.45) is 2.96. The highest BCUT2D eigenvalue weighted by molar-refractivity contribution is 8.80. The zero-order valence-electron chi connectivity index (χ0n) is 15.1. The molecule has 0 atom stereocenters. The fourth-order valence-electron chi connectivity index (χ4n) is 2.04. The summed E-state index contributed by atoms with van der Waals surface area (Å²) in [5.74, 6) is -0.955. The van der Waals surface area contributed by atoms with Crippen molar-refractivity contribution in [2.45, 2.75) is 0 Å². The highest BCUT2D eigenvalue weighted by Gasteiger charge is 2.15. The number of hydrogen-bond donors (Lipinski definition) is 2. The van der Waals surface area contributed by atoms with Gasteiger partial charge in [-0.15, -0.1) is 0 Å². The second kappa shape index (κ2) is 10.5. The van der Waals surface area contributed by atoms with Crippen molar-refractivity contribution in [3.63, 3.8) is 0 Å². The average molecular weight is 418 g/mol. The summed E-state index contributed by atoms with van der Waals surface area (Å²) >= 11 is 0. The molecule has 146 valence electrons. The zero-order valence-corrected chi connectivity index (χ0v) is 16.8. The van der Waals surface area contributed by atoms with Crippen molar-refractivity contribution in [2.75, 3.05) is 14.2 Å². The molecule has 0 radical (unpaired) electrons. The quantitative estimate of drug-likeness (QED) is 0.449. The van der Waals surface area contributed by atoms with E-state index >= 15 is 0 Å². The minimum absolute atomic E-state index is 0.0112. The topological polar surface area (TPSA) is 93.1 Å². The molecule has 28 heavy (non-hydrogen) atoms. The van der Waals surface area contributed by atoms with Gasteiger partial charge < -0.3 is 19.7 Å². The molecular formula is C20H18O6S2. The van der Waals surface area contributed by atoms with Gasteiger partial charge in [-0.25, -0.2) is 9.59 Å². The maximum atomic E-state index is 11.5. The Morgan fingerprint density at radius 2 is 1.04 bits per heavy atom. The van der Waals surface area contributed by atoms with Crippen LogP contribution in [0.1, 0.15) is 11.1 Å². The fraction of sp³-hybridized carbons (Fsp3) is 0.100. The first-order valence-corrected chi connectivity index (χ1v) is 10.1. The molecule has 0 aliphatic carbocycles. The molecule has 0 aliphatic heterocycles. The van der Waals surface area contributed by atoms with E-state index in [0.717, 1.165) is 21.6 Å². The molecule has 0 aromatic heterocycles. The minimum Gasteiger partial charge on any atom is -0.497 e. The Morgan fingerprint density at radius 1 is 0.714 bits per heavy atom. The van der Waals surface area contributed by atoms with Crippen LogP contribution in [-0.4, -0.2) is 36.4 Å². The van der Waals surface area contributed by atoms with Gasteiger partial charge in [-0.3, -0.25) is 0 Å².